The van der Waals surface area contributed by atoms with Crippen LogP contribution in [-0.4, -0.2) is 24.7 Å². The van der Waals surface area contributed by atoms with Gasteiger partial charge in [-0.25, -0.2) is 0 Å². The number of ether oxygens (including phenoxy) is 2. The van der Waals surface area contributed by atoms with E-state index in [1.54, 1.807) is 6.07 Å². The molecule has 3 rings (SSSR count). The van der Waals surface area contributed by atoms with Crippen LogP contribution in [0.2, 0.25) is 0 Å². The zero-order valence-corrected chi connectivity index (χ0v) is 10.4. The summed E-state index contributed by atoms with van der Waals surface area (Å²) in [6.07, 6.45) is -2.63. The summed E-state index contributed by atoms with van der Waals surface area (Å²) in [7, 11) is 0. The number of fused-ring (bicyclic) bond motifs is 1. The molecule has 2 aliphatic rings. The molecule has 6 heteroatoms. The Balaban J connectivity index is 1.86. The van der Waals surface area contributed by atoms with Gasteiger partial charge in [-0.05, 0) is 19.1 Å². The molecular weight excluding hydrogens is 256 g/mol. The first-order valence-corrected chi connectivity index (χ1v) is 6.13. The molecule has 2 heterocycles. The lowest BCUT2D eigenvalue weighted by Crippen LogP contribution is -2.41. The Kier molecular flexibility index (Phi) is 2.62. The van der Waals surface area contributed by atoms with Crippen LogP contribution in [0, 0.1) is 0 Å². The van der Waals surface area contributed by atoms with Crippen molar-refractivity contribution in [3.05, 3.63) is 18.2 Å². The van der Waals surface area contributed by atoms with E-state index in [4.69, 9.17) is 0 Å². The number of Topliss-reactive ketones (excluding diaryl/α,β-unsaturated/α-hetero) is 1. The Bertz CT molecular complexity index is 533. The maximum atomic E-state index is 12.9. The minimum absolute atomic E-state index is 0.0339. The summed E-state index contributed by atoms with van der Waals surface area (Å²) in [6, 6.07) is 4.76. The number of ketones is 1. The summed E-state index contributed by atoms with van der Waals surface area (Å²) >= 11 is 0. The lowest BCUT2D eigenvalue weighted by molar-refractivity contribution is -0.286. The first kappa shape index (κ1) is 12.2. The maximum Gasteiger partial charge on any atom is 0.586 e. The van der Waals surface area contributed by atoms with Crippen LogP contribution in [0.5, 0.6) is 11.5 Å². The predicted octanol–water partition coefficient (Wildman–Crippen LogP) is 2.57. The summed E-state index contributed by atoms with van der Waals surface area (Å²) in [4.78, 5) is 13.4. The molecule has 0 amide bonds. The van der Waals surface area contributed by atoms with E-state index in [0.717, 1.165) is 5.69 Å². The van der Waals surface area contributed by atoms with Crippen molar-refractivity contribution >= 4 is 11.5 Å². The van der Waals surface area contributed by atoms with Crippen LogP contribution in [-0.2, 0) is 4.79 Å². The molecule has 19 heavy (non-hydrogen) atoms. The van der Waals surface area contributed by atoms with Gasteiger partial charge in [-0.2, -0.15) is 0 Å². The molecule has 1 saturated heterocycles. The number of hydrogen-bond donors (Lipinski definition) is 0. The SMILES string of the molecule is CC1CC(=O)CCN1c1ccc2c(c1)OC(F)(F)O2. The van der Waals surface area contributed by atoms with Gasteiger partial charge in [0.25, 0.3) is 0 Å². The zero-order chi connectivity index (χ0) is 13.6. The van der Waals surface area contributed by atoms with Gasteiger partial charge < -0.3 is 14.4 Å². The number of carbonyl (C=O) groups is 1. The van der Waals surface area contributed by atoms with Crippen LogP contribution in [0.15, 0.2) is 18.2 Å². The average Bonchev–Trinajstić information content (AvgIpc) is 2.61. The van der Waals surface area contributed by atoms with Gasteiger partial charge in [0.2, 0.25) is 0 Å². The fourth-order valence-corrected chi connectivity index (χ4v) is 2.51. The number of benzene rings is 1. The molecule has 0 spiro atoms. The van der Waals surface area contributed by atoms with Crippen LogP contribution >= 0.6 is 0 Å². The molecule has 0 saturated carbocycles. The molecule has 0 aliphatic carbocycles. The van der Waals surface area contributed by atoms with Crippen LogP contribution in [0.1, 0.15) is 19.8 Å². The van der Waals surface area contributed by atoms with Crippen molar-refractivity contribution < 1.29 is 23.0 Å². The Morgan fingerprint density at radius 2 is 2.05 bits per heavy atom. The molecule has 0 radical (unpaired) electrons. The Labute approximate surface area is 108 Å². The summed E-state index contributed by atoms with van der Waals surface area (Å²) in [5.74, 6) is 0.303. The fraction of sp³-hybridized carbons (Fsp3) is 0.462. The number of piperidine rings is 1. The minimum atomic E-state index is -3.59. The standard InChI is InChI=1S/C13H13F2NO3/c1-8-6-10(17)4-5-16(8)9-2-3-11-12(7-9)19-13(14,15)18-11/h2-3,7-8H,4-6H2,1H3. The molecule has 2 aliphatic heterocycles. The molecule has 4 nitrogen and oxygen atoms in total. The fourth-order valence-electron chi connectivity index (χ4n) is 2.51. The summed E-state index contributed by atoms with van der Waals surface area (Å²) < 4.78 is 34.7. The van der Waals surface area contributed by atoms with E-state index in [2.05, 4.69) is 9.47 Å². The van der Waals surface area contributed by atoms with E-state index in [-0.39, 0.29) is 23.3 Å². The number of rotatable bonds is 1. The maximum absolute atomic E-state index is 12.9. The first-order chi connectivity index (χ1) is 8.94. The smallest absolute Gasteiger partial charge is 0.395 e. The Morgan fingerprint density at radius 1 is 1.32 bits per heavy atom. The van der Waals surface area contributed by atoms with Gasteiger partial charge in [-0.1, -0.05) is 0 Å². The zero-order valence-electron chi connectivity index (χ0n) is 10.4. The van der Waals surface area contributed by atoms with Crippen molar-refractivity contribution in [1.29, 1.82) is 0 Å². The third kappa shape index (κ3) is 2.22. The van der Waals surface area contributed by atoms with Gasteiger partial charge in [-0.3, -0.25) is 4.79 Å². The van der Waals surface area contributed by atoms with E-state index in [9.17, 15) is 13.6 Å². The van der Waals surface area contributed by atoms with Crippen molar-refractivity contribution in [2.24, 2.45) is 0 Å². The van der Waals surface area contributed by atoms with E-state index in [0.29, 0.717) is 19.4 Å². The van der Waals surface area contributed by atoms with Gasteiger partial charge in [0.1, 0.15) is 5.78 Å². The number of carbonyl (C=O) groups excluding carboxylic acids is 1. The third-order valence-corrected chi connectivity index (χ3v) is 3.40. The lowest BCUT2D eigenvalue weighted by atomic mass is 10.0. The molecule has 0 N–H and O–H groups in total. The topological polar surface area (TPSA) is 38.8 Å². The molecule has 1 aromatic carbocycles. The lowest BCUT2D eigenvalue weighted by Gasteiger charge is -2.34. The third-order valence-electron chi connectivity index (χ3n) is 3.40. The van der Waals surface area contributed by atoms with Crippen LogP contribution < -0.4 is 14.4 Å². The van der Waals surface area contributed by atoms with Crippen LogP contribution in [0.25, 0.3) is 0 Å². The van der Waals surface area contributed by atoms with Crippen LogP contribution in [0.4, 0.5) is 14.5 Å². The highest BCUT2D eigenvalue weighted by Gasteiger charge is 2.43. The molecule has 1 unspecified atom stereocenters. The normalized spacial score (nSPS) is 24.7. The van der Waals surface area contributed by atoms with E-state index >= 15 is 0 Å². The van der Waals surface area contributed by atoms with Gasteiger partial charge in [0, 0.05) is 37.2 Å². The van der Waals surface area contributed by atoms with E-state index < -0.39 is 6.29 Å². The molecule has 1 aromatic rings. The van der Waals surface area contributed by atoms with Gasteiger partial charge in [-0.15, -0.1) is 8.78 Å². The quantitative estimate of drug-likeness (QED) is 0.785. The largest absolute Gasteiger partial charge is 0.586 e. The monoisotopic (exact) mass is 269 g/mol. The second kappa shape index (κ2) is 4.08. The van der Waals surface area contributed by atoms with Crippen LogP contribution in [0.3, 0.4) is 0 Å². The van der Waals surface area contributed by atoms with Crippen molar-refractivity contribution in [2.45, 2.75) is 32.1 Å². The van der Waals surface area contributed by atoms with Crippen molar-refractivity contribution in [3.63, 3.8) is 0 Å². The highest BCUT2D eigenvalue weighted by atomic mass is 19.3. The Hall–Kier alpha value is -1.85. The minimum Gasteiger partial charge on any atom is -0.395 e. The molecule has 0 bridgehead atoms. The molecule has 102 valence electrons. The number of anilines is 1. The van der Waals surface area contributed by atoms with Gasteiger partial charge in [0.15, 0.2) is 11.5 Å². The second-order valence-corrected chi connectivity index (χ2v) is 4.83. The number of halogens is 2. The first-order valence-electron chi connectivity index (χ1n) is 6.13. The van der Waals surface area contributed by atoms with Crippen molar-refractivity contribution in [2.75, 3.05) is 11.4 Å². The highest BCUT2D eigenvalue weighted by molar-refractivity contribution is 5.81. The number of alkyl halides is 2. The predicted molar refractivity (Wildman–Crippen MR) is 63.7 cm³/mol. The van der Waals surface area contributed by atoms with Gasteiger partial charge in [0.05, 0.1) is 0 Å². The molecule has 1 atom stereocenters. The highest BCUT2D eigenvalue weighted by Crippen LogP contribution is 2.43. The van der Waals surface area contributed by atoms with Crippen molar-refractivity contribution in [1.82, 2.24) is 0 Å². The second-order valence-electron chi connectivity index (χ2n) is 4.83. The Morgan fingerprint density at radius 3 is 2.79 bits per heavy atom. The molecule has 1 fully saturated rings. The van der Waals surface area contributed by atoms with E-state index in [1.807, 2.05) is 11.8 Å². The van der Waals surface area contributed by atoms with Crippen molar-refractivity contribution in [3.8, 4) is 11.5 Å². The molecular formula is C13H13F2NO3. The number of nitrogens with zero attached hydrogens (tertiary/aromatic N) is 1. The average molecular weight is 269 g/mol. The van der Waals surface area contributed by atoms with Gasteiger partial charge >= 0.3 is 6.29 Å². The number of hydrogen-bond acceptors (Lipinski definition) is 4. The summed E-state index contributed by atoms with van der Waals surface area (Å²) in [5.41, 5.74) is 0.764. The molecule has 0 aromatic heterocycles. The van der Waals surface area contributed by atoms with E-state index in [1.165, 1.54) is 12.1 Å². The summed E-state index contributed by atoms with van der Waals surface area (Å²) in [5, 5.41) is 0. The summed E-state index contributed by atoms with van der Waals surface area (Å²) in [6.45, 7) is 2.53.